The summed E-state index contributed by atoms with van der Waals surface area (Å²) < 4.78 is 28.2. The zero-order valence-electron chi connectivity index (χ0n) is 10.9. The van der Waals surface area contributed by atoms with E-state index in [1.807, 2.05) is 0 Å². The highest BCUT2D eigenvalue weighted by molar-refractivity contribution is 7.86. The third-order valence-electron chi connectivity index (χ3n) is 3.99. The van der Waals surface area contributed by atoms with Crippen molar-refractivity contribution in [2.24, 2.45) is 5.92 Å². The molecule has 2 aliphatic heterocycles. The molecule has 2 heterocycles. The Morgan fingerprint density at radius 2 is 1.67 bits per heavy atom. The van der Waals surface area contributed by atoms with Crippen LogP contribution < -0.4 is 0 Å². The van der Waals surface area contributed by atoms with Gasteiger partial charge in [0.2, 0.25) is 0 Å². The monoisotopic (exact) mass is 276 g/mol. The van der Waals surface area contributed by atoms with Crippen molar-refractivity contribution in [3.05, 3.63) is 0 Å². The maximum atomic E-state index is 12.5. The molecule has 1 atom stereocenters. The van der Waals surface area contributed by atoms with Crippen molar-refractivity contribution in [2.45, 2.75) is 38.5 Å². The Labute approximate surface area is 110 Å². The lowest BCUT2D eigenvalue weighted by Crippen LogP contribution is -2.49. The minimum atomic E-state index is -3.25. The fraction of sp³-hybridized carbons (Fsp3) is 1.00. The zero-order chi connectivity index (χ0) is 13.0. The topological polar surface area (TPSA) is 60.9 Å². The summed E-state index contributed by atoms with van der Waals surface area (Å²) in [6, 6.07) is 0. The average Bonchev–Trinajstić information content (AvgIpc) is 2.40. The Hall–Kier alpha value is -0.170. The van der Waals surface area contributed by atoms with Gasteiger partial charge in [-0.25, -0.2) is 0 Å². The number of aliphatic hydroxyl groups is 1. The fourth-order valence-electron chi connectivity index (χ4n) is 2.91. The first-order valence-corrected chi connectivity index (χ1v) is 8.40. The number of nitrogens with zero attached hydrogens (tertiary/aromatic N) is 2. The third kappa shape index (κ3) is 3.23. The van der Waals surface area contributed by atoms with E-state index in [0.29, 0.717) is 38.5 Å². The Balaban J connectivity index is 1.99. The molecule has 0 aromatic heterocycles. The Morgan fingerprint density at radius 3 is 2.33 bits per heavy atom. The molecule has 6 heteroatoms. The Bertz CT molecular complexity index is 350. The molecular formula is C12H24N2O3S. The number of rotatable bonds is 4. The molecule has 0 aromatic rings. The van der Waals surface area contributed by atoms with Gasteiger partial charge in [-0.3, -0.25) is 0 Å². The normalized spacial score (nSPS) is 28.4. The van der Waals surface area contributed by atoms with Crippen molar-refractivity contribution >= 4 is 10.2 Å². The Morgan fingerprint density at radius 1 is 1.00 bits per heavy atom. The summed E-state index contributed by atoms with van der Waals surface area (Å²) in [6.45, 7) is 2.72. The van der Waals surface area contributed by atoms with Crippen molar-refractivity contribution in [2.75, 3.05) is 32.8 Å². The van der Waals surface area contributed by atoms with Crippen LogP contribution in [0, 0.1) is 5.92 Å². The Kier molecular flexibility index (Phi) is 5.00. The molecule has 0 radical (unpaired) electrons. The van der Waals surface area contributed by atoms with Gasteiger partial charge in [-0.2, -0.15) is 17.0 Å². The quantitative estimate of drug-likeness (QED) is 0.826. The average molecular weight is 276 g/mol. The first-order chi connectivity index (χ1) is 8.64. The molecule has 2 rings (SSSR count). The van der Waals surface area contributed by atoms with Crippen LogP contribution in [0.25, 0.3) is 0 Å². The molecule has 0 aromatic carbocycles. The van der Waals surface area contributed by atoms with Gasteiger partial charge in [0.05, 0.1) is 0 Å². The largest absolute Gasteiger partial charge is 0.396 e. The number of aliphatic hydroxyl groups excluding tert-OH is 1. The minimum Gasteiger partial charge on any atom is -0.396 e. The summed E-state index contributed by atoms with van der Waals surface area (Å²) in [6.07, 6.45) is 5.76. The summed E-state index contributed by atoms with van der Waals surface area (Å²) in [4.78, 5) is 0. The van der Waals surface area contributed by atoms with Gasteiger partial charge in [0.1, 0.15) is 0 Å². The summed E-state index contributed by atoms with van der Waals surface area (Å²) in [5.74, 6) is 0.323. The van der Waals surface area contributed by atoms with Crippen LogP contribution in [0.4, 0.5) is 0 Å². The molecule has 2 aliphatic rings. The van der Waals surface area contributed by atoms with Crippen LogP contribution in [0.3, 0.4) is 0 Å². The first-order valence-electron chi connectivity index (χ1n) is 7.00. The molecule has 5 nitrogen and oxygen atoms in total. The van der Waals surface area contributed by atoms with Crippen LogP contribution in [0.5, 0.6) is 0 Å². The standard InChI is InChI=1S/C12H24N2O3S/c15-10-6-12-5-4-9-14(11-12)18(16,17)13-7-2-1-3-8-13/h12,15H,1-11H2. The molecular weight excluding hydrogens is 252 g/mol. The lowest BCUT2D eigenvalue weighted by atomic mass is 9.97. The third-order valence-corrected chi connectivity index (χ3v) is 5.99. The van der Waals surface area contributed by atoms with Crippen LogP contribution in [-0.4, -0.2) is 54.9 Å². The van der Waals surface area contributed by atoms with Crippen LogP contribution in [0.15, 0.2) is 0 Å². The van der Waals surface area contributed by atoms with Crippen LogP contribution in [0.1, 0.15) is 38.5 Å². The second-order valence-corrected chi connectivity index (χ2v) is 7.27. The fourth-order valence-corrected chi connectivity index (χ4v) is 4.72. The van der Waals surface area contributed by atoms with Crippen molar-refractivity contribution in [1.82, 2.24) is 8.61 Å². The highest BCUT2D eigenvalue weighted by atomic mass is 32.2. The van der Waals surface area contributed by atoms with Gasteiger partial charge in [0.25, 0.3) is 10.2 Å². The molecule has 2 saturated heterocycles. The van der Waals surface area contributed by atoms with Gasteiger partial charge >= 0.3 is 0 Å². The number of hydrogen-bond donors (Lipinski definition) is 1. The van der Waals surface area contributed by atoms with Gasteiger partial charge in [-0.15, -0.1) is 0 Å². The predicted octanol–water partition coefficient (Wildman–Crippen LogP) is 0.811. The lowest BCUT2D eigenvalue weighted by Gasteiger charge is -2.36. The summed E-state index contributed by atoms with van der Waals surface area (Å²) in [5.41, 5.74) is 0. The molecule has 0 amide bonds. The van der Waals surface area contributed by atoms with Crippen LogP contribution in [-0.2, 0) is 10.2 Å². The smallest absolute Gasteiger partial charge is 0.281 e. The minimum absolute atomic E-state index is 0.155. The van der Waals surface area contributed by atoms with Crippen molar-refractivity contribution in [3.8, 4) is 0 Å². The molecule has 106 valence electrons. The van der Waals surface area contributed by atoms with Crippen molar-refractivity contribution < 1.29 is 13.5 Å². The summed E-state index contributed by atoms with van der Waals surface area (Å²) in [7, 11) is -3.25. The molecule has 2 fully saturated rings. The van der Waals surface area contributed by atoms with E-state index in [1.165, 1.54) is 0 Å². The summed E-state index contributed by atoms with van der Waals surface area (Å²) in [5, 5.41) is 8.98. The highest BCUT2D eigenvalue weighted by Gasteiger charge is 2.33. The lowest BCUT2D eigenvalue weighted by molar-refractivity contribution is 0.193. The second kappa shape index (κ2) is 6.32. The van der Waals surface area contributed by atoms with E-state index in [4.69, 9.17) is 5.11 Å². The van der Waals surface area contributed by atoms with Crippen LogP contribution in [0.2, 0.25) is 0 Å². The van der Waals surface area contributed by atoms with E-state index >= 15 is 0 Å². The van der Waals surface area contributed by atoms with E-state index in [9.17, 15) is 8.42 Å². The van der Waals surface area contributed by atoms with Gasteiger partial charge in [0, 0.05) is 32.8 Å². The highest BCUT2D eigenvalue weighted by Crippen LogP contribution is 2.24. The van der Waals surface area contributed by atoms with Crippen molar-refractivity contribution in [3.63, 3.8) is 0 Å². The van der Waals surface area contributed by atoms with Crippen molar-refractivity contribution in [1.29, 1.82) is 0 Å². The molecule has 1 unspecified atom stereocenters. The maximum absolute atomic E-state index is 12.5. The number of piperidine rings is 2. The molecule has 0 saturated carbocycles. The van der Waals surface area contributed by atoms with Gasteiger partial charge in [-0.05, 0) is 38.0 Å². The molecule has 1 N–H and O–H groups in total. The van der Waals surface area contributed by atoms with E-state index in [2.05, 4.69) is 0 Å². The van der Waals surface area contributed by atoms with E-state index in [-0.39, 0.29) is 6.61 Å². The first kappa shape index (κ1) is 14.2. The molecule has 0 bridgehead atoms. The SMILES string of the molecule is O=S(=O)(N1CCCCC1)N1CCCC(CCO)C1. The number of hydrogen-bond acceptors (Lipinski definition) is 3. The summed E-state index contributed by atoms with van der Waals surface area (Å²) >= 11 is 0. The van der Waals surface area contributed by atoms with E-state index < -0.39 is 10.2 Å². The maximum Gasteiger partial charge on any atom is 0.281 e. The van der Waals surface area contributed by atoms with E-state index in [0.717, 1.165) is 32.1 Å². The van der Waals surface area contributed by atoms with Gasteiger partial charge in [-0.1, -0.05) is 6.42 Å². The van der Waals surface area contributed by atoms with E-state index in [1.54, 1.807) is 8.61 Å². The second-order valence-electron chi connectivity index (χ2n) is 5.35. The van der Waals surface area contributed by atoms with Crippen LogP contribution >= 0.6 is 0 Å². The predicted molar refractivity (Wildman–Crippen MR) is 70.3 cm³/mol. The zero-order valence-corrected chi connectivity index (χ0v) is 11.7. The van der Waals surface area contributed by atoms with Gasteiger partial charge < -0.3 is 5.11 Å². The molecule has 0 aliphatic carbocycles. The molecule has 0 spiro atoms. The molecule has 18 heavy (non-hydrogen) atoms. The van der Waals surface area contributed by atoms with Gasteiger partial charge in [0.15, 0.2) is 0 Å².